The van der Waals surface area contributed by atoms with Gasteiger partial charge >= 0.3 is 0 Å². The molecule has 1 aliphatic rings. The van der Waals surface area contributed by atoms with Crippen LogP contribution in [0.5, 0.6) is 0 Å². The molecule has 1 aliphatic heterocycles. The molecule has 33 heavy (non-hydrogen) atoms. The lowest BCUT2D eigenvalue weighted by atomic mass is 10.0. The highest BCUT2D eigenvalue weighted by Gasteiger charge is 2.30. The van der Waals surface area contributed by atoms with Crippen LogP contribution < -0.4 is 10.2 Å². The van der Waals surface area contributed by atoms with Crippen LogP contribution in [0, 0.1) is 12.7 Å². The van der Waals surface area contributed by atoms with Crippen molar-refractivity contribution < 1.29 is 9.18 Å². The van der Waals surface area contributed by atoms with Gasteiger partial charge in [-0.25, -0.2) is 9.37 Å². The summed E-state index contributed by atoms with van der Waals surface area (Å²) in [5, 5.41) is 12.6. The molecular formula is C25H25FN6O. The molecule has 2 aromatic carbocycles. The molecule has 0 spiro atoms. The number of amides is 1. The summed E-state index contributed by atoms with van der Waals surface area (Å²) in [6.45, 7) is 3.50. The molecule has 168 valence electrons. The molecule has 5 rings (SSSR count). The number of hydrogen-bond donors (Lipinski definition) is 1. The van der Waals surface area contributed by atoms with Crippen LogP contribution in [0.4, 0.5) is 10.2 Å². The van der Waals surface area contributed by atoms with Crippen molar-refractivity contribution in [1.29, 1.82) is 0 Å². The fourth-order valence-corrected chi connectivity index (χ4v) is 4.48. The number of benzene rings is 2. The first-order valence-corrected chi connectivity index (χ1v) is 11.1. The van der Waals surface area contributed by atoms with Crippen LogP contribution in [0.3, 0.4) is 0 Å². The summed E-state index contributed by atoms with van der Waals surface area (Å²) in [6.07, 6.45) is 5.21. The summed E-state index contributed by atoms with van der Waals surface area (Å²) in [5.41, 5.74) is 3.05. The van der Waals surface area contributed by atoms with Crippen molar-refractivity contribution in [3.8, 4) is 11.3 Å². The van der Waals surface area contributed by atoms with E-state index >= 15 is 0 Å². The normalized spacial score (nSPS) is 16.2. The monoisotopic (exact) mass is 444 g/mol. The molecule has 4 aromatic rings. The van der Waals surface area contributed by atoms with E-state index in [9.17, 15) is 9.18 Å². The van der Waals surface area contributed by atoms with Crippen LogP contribution in [0.2, 0.25) is 0 Å². The molecule has 1 N–H and O–H groups in total. The van der Waals surface area contributed by atoms with Crippen LogP contribution in [-0.4, -0.2) is 45.0 Å². The topological polar surface area (TPSA) is 75.9 Å². The lowest BCUT2D eigenvalue weighted by Crippen LogP contribution is -2.49. The van der Waals surface area contributed by atoms with Gasteiger partial charge in [0.1, 0.15) is 17.3 Å². The number of nitrogens with zero attached hydrogens (tertiary/aromatic N) is 5. The summed E-state index contributed by atoms with van der Waals surface area (Å²) in [5.74, 6) is 0.0287. The molecule has 1 saturated heterocycles. The van der Waals surface area contributed by atoms with E-state index in [2.05, 4.69) is 20.6 Å². The Bertz CT molecular complexity index is 1310. The number of nitrogens with one attached hydrogen (secondary N) is 1. The van der Waals surface area contributed by atoms with E-state index in [0.717, 1.165) is 36.2 Å². The second kappa shape index (κ2) is 8.71. The smallest absolute Gasteiger partial charge is 0.259 e. The van der Waals surface area contributed by atoms with Crippen molar-refractivity contribution in [2.45, 2.75) is 25.8 Å². The number of hydrogen-bond acceptors (Lipinski definition) is 5. The van der Waals surface area contributed by atoms with E-state index < -0.39 is 0 Å². The fourth-order valence-electron chi connectivity index (χ4n) is 4.48. The van der Waals surface area contributed by atoms with Gasteiger partial charge in [0.2, 0.25) is 0 Å². The molecule has 1 amide bonds. The first-order valence-electron chi connectivity index (χ1n) is 11.1. The van der Waals surface area contributed by atoms with Crippen molar-refractivity contribution in [3.05, 3.63) is 71.8 Å². The number of aryl methyl sites for hydroxylation is 2. The highest BCUT2D eigenvalue weighted by molar-refractivity contribution is 6.11. The van der Waals surface area contributed by atoms with Crippen LogP contribution >= 0.6 is 0 Å². The SMILES string of the molecule is Cc1ccc(F)c2ccnc(N(C(=O)c3ccc(-c4cn(C)nn4)cc3)[C@@H]3CCCNC3)c12. The number of anilines is 1. The minimum atomic E-state index is -0.318. The van der Waals surface area contributed by atoms with Gasteiger partial charge in [0.15, 0.2) is 0 Å². The molecule has 8 heteroatoms. The third-order valence-corrected chi connectivity index (χ3v) is 6.18. The number of pyridine rings is 1. The summed E-state index contributed by atoms with van der Waals surface area (Å²) in [7, 11) is 1.81. The van der Waals surface area contributed by atoms with E-state index in [0.29, 0.717) is 28.7 Å². The second-order valence-electron chi connectivity index (χ2n) is 8.45. The van der Waals surface area contributed by atoms with Crippen LogP contribution in [0.25, 0.3) is 22.0 Å². The molecule has 1 fully saturated rings. The quantitative estimate of drug-likeness (QED) is 0.517. The average Bonchev–Trinajstić information content (AvgIpc) is 3.29. The van der Waals surface area contributed by atoms with Gasteiger partial charge in [0.25, 0.3) is 5.91 Å². The standard InChI is InChI=1S/C25H25FN6O/c1-16-5-10-21(26)20-11-13-28-24(23(16)20)32(19-4-3-12-27-14-19)25(33)18-8-6-17(7-9-18)22-15-31(2)30-29-22/h5-11,13,15,19,27H,3-4,12,14H2,1-2H3/t19-/m1/s1. The maximum absolute atomic E-state index is 14.6. The third-order valence-electron chi connectivity index (χ3n) is 6.18. The van der Waals surface area contributed by atoms with Crippen LogP contribution in [0.1, 0.15) is 28.8 Å². The predicted octanol–water partition coefficient (Wildman–Crippen LogP) is 3.88. The van der Waals surface area contributed by atoms with Crippen molar-refractivity contribution >= 4 is 22.5 Å². The highest BCUT2D eigenvalue weighted by Crippen LogP contribution is 2.33. The Kier molecular flexibility index (Phi) is 5.60. The Labute approximate surface area is 191 Å². The van der Waals surface area contributed by atoms with Crippen molar-refractivity contribution in [2.24, 2.45) is 7.05 Å². The van der Waals surface area contributed by atoms with Gasteiger partial charge in [-0.1, -0.05) is 23.4 Å². The Hall–Kier alpha value is -3.65. The van der Waals surface area contributed by atoms with E-state index in [1.165, 1.54) is 6.07 Å². The summed E-state index contributed by atoms with van der Waals surface area (Å²) < 4.78 is 16.3. The van der Waals surface area contributed by atoms with Gasteiger partial charge in [-0.3, -0.25) is 14.4 Å². The predicted molar refractivity (Wildman–Crippen MR) is 126 cm³/mol. The Morgan fingerprint density at radius 2 is 2.00 bits per heavy atom. The Morgan fingerprint density at radius 3 is 2.70 bits per heavy atom. The first-order chi connectivity index (χ1) is 16.0. The van der Waals surface area contributed by atoms with Gasteiger partial charge in [-0.15, -0.1) is 5.10 Å². The highest BCUT2D eigenvalue weighted by atomic mass is 19.1. The molecule has 0 saturated carbocycles. The zero-order valence-corrected chi connectivity index (χ0v) is 18.6. The van der Waals surface area contributed by atoms with Crippen LogP contribution in [-0.2, 0) is 7.05 Å². The number of aromatic nitrogens is 4. The molecule has 3 heterocycles. The molecule has 0 unspecified atom stereocenters. The first kappa shape index (κ1) is 21.2. The number of carbonyl (C=O) groups excluding carboxylic acids is 1. The summed E-state index contributed by atoms with van der Waals surface area (Å²) in [4.78, 5) is 20.2. The number of fused-ring (bicyclic) bond motifs is 1. The lowest BCUT2D eigenvalue weighted by Gasteiger charge is -2.35. The number of piperidine rings is 1. The maximum atomic E-state index is 14.6. The van der Waals surface area contributed by atoms with Crippen molar-refractivity contribution in [3.63, 3.8) is 0 Å². The number of halogens is 1. The summed E-state index contributed by atoms with van der Waals surface area (Å²) in [6, 6.07) is 12.1. The second-order valence-corrected chi connectivity index (χ2v) is 8.45. The molecule has 1 atom stereocenters. The number of rotatable bonds is 4. The van der Waals surface area contributed by atoms with Crippen molar-refractivity contribution in [1.82, 2.24) is 25.3 Å². The van der Waals surface area contributed by atoms with E-state index in [1.54, 1.807) is 40.0 Å². The zero-order chi connectivity index (χ0) is 22.9. The van der Waals surface area contributed by atoms with Crippen molar-refractivity contribution in [2.75, 3.05) is 18.0 Å². The Morgan fingerprint density at radius 1 is 1.18 bits per heavy atom. The average molecular weight is 445 g/mol. The minimum absolute atomic E-state index is 0.0771. The maximum Gasteiger partial charge on any atom is 0.259 e. The Balaban J connectivity index is 1.59. The molecule has 0 radical (unpaired) electrons. The van der Waals surface area contributed by atoms with Gasteiger partial charge < -0.3 is 5.32 Å². The van der Waals surface area contributed by atoms with E-state index in [1.807, 2.05) is 32.3 Å². The fraction of sp³-hybridized carbons (Fsp3) is 0.280. The largest absolute Gasteiger partial charge is 0.315 e. The van der Waals surface area contributed by atoms with E-state index in [4.69, 9.17) is 0 Å². The van der Waals surface area contributed by atoms with Crippen LogP contribution in [0.15, 0.2) is 54.9 Å². The van der Waals surface area contributed by atoms with Gasteiger partial charge in [0, 0.05) is 41.7 Å². The van der Waals surface area contributed by atoms with E-state index in [-0.39, 0.29) is 17.8 Å². The van der Waals surface area contributed by atoms with Gasteiger partial charge in [0.05, 0.1) is 12.2 Å². The third kappa shape index (κ3) is 3.98. The molecule has 7 nitrogen and oxygen atoms in total. The molecular weight excluding hydrogens is 419 g/mol. The zero-order valence-electron chi connectivity index (χ0n) is 18.6. The number of carbonyl (C=O) groups is 1. The molecule has 0 bridgehead atoms. The van der Waals surface area contributed by atoms with Gasteiger partial charge in [-0.2, -0.15) is 0 Å². The molecule has 0 aliphatic carbocycles. The minimum Gasteiger partial charge on any atom is -0.315 e. The molecule has 2 aromatic heterocycles. The van der Waals surface area contributed by atoms with Gasteiger partial charge in [-0.05, 0) is 56.1 Å². The summed E-state index contributed by atoms with van der Waals surface area (Å²) >= 11 is 0. The lowest BCUT2D eigenvalue weighted by molar-refractivity contribution is 0.0972.